The van der Waals surface area contributed by atoms with Crippen LogP contribution in [0.1, 0.15) is 4.88 Å². The van der Waals surface area contributed by atoms with E-state index in [1.807, 2.05) is 22.6 Å². The Morgan fingerprint density at radius 1 is 1.56 bits per heavy atom. The molecule has 84 valence electrons. The van der Waals surface area contributed by atoms with E-state index in [1.54, 1.807) is 12.4 Å². The van der Waals surface area contributed by atoms with E-state index >= 15 is 0 Å². The second-order valence-electron chi connectivity index (χ2n) is 2.95. The number of thiazole rings is 1. The number of hydrogen-bond acceptors (Lipinski definition) is 6. The van der Waals surface area contributed by atoms with Gasteiger partial charge in [-0.2, -0.15) is 0 Å². The van der Waals surface area contributed by atoms with Crippen LogP contribution >= 0.6 is 33.9 Å². The van der Waals surface area contributed by atoms with Gasteiger partial charge in [-0.05, 0) is 22.6 Å². The molecule has 8 heteroatoms. The van der Waals surface area contributed by atoms with Crippen LogP contribution in [0.3, 0.4) is 0 Å². The van der Waals surface area contributed by atoms with Gasteiger partial charge in [0.2, 0.25) is 0 Å². The Labute approximate surface area is 109 Å². The predicted molar refractivity (Wildman–Crippen MR) is 70.2 cm³/mol. The number of rotatable bonds is 3. The Balaban J connectivity index is 2.27. The van der Waals surface area contributed by atoms with Gasteiger partial charge in [0.15, 0.2) is 5.13 Å². The smallest absolute Gasteiger partial charge is 0.267 e. The predicted octanol–water partition coefficient (Wildman–Crippen LogP) is 0.638. The molecule has 16 heavy (non-hydrogen) atoms. The molecule has 2 aromatic heterocycles. The van der Waals surface area contributed by atoms with E-state index in [4.69, 9.17) is 5.84 Å². The minimum absolute atomic E-state index is 0.0498. The fourth-order valence-corrected chi connectivity index (χ4v) is 2.34. The Kier molecular flexibility index (Phi) is 3.51. The number of nitrogens with two attached hydrogens (primary N) is 1. The van der Waals surface area contributed by atoms with Crippen LogP contribution in [0.15, 0.2) is 23.5 Å². The third kappa shape index (κ3) is 2.39. The molecule has 0 amide bonds. The number of hydrogen-bond donors (Lipinski definition) is 2. The van der Waals surface area contributed by atoms with Crippen LogP contribution in [-0.4, -0.2) is 14.5 Å². The fraction of sp³-hybridized carbons (Fsp3) is 0.125. The summed E-state index contributed by atoms with van der Waals surface area (Å²) in [6, 6.07) is 0. The minimum atomic E-state index is -0.0498. The normalized spacial score (nSPS) is 10.4. The molecule has 0 aliphatic carbocycles. The third-order valence-corrected chi connectivity index (χ3v) is 3.52. The molecular weight excluding hydrogens is 341 g/mol. The Hall–Kier alpha value is -1.00. The number of halogens is 1. The molecule has 2 aromatic rings. The second-order valence-corrected chi connectivity index (χ2v) is 5.23. The zero-order chi connectivity index (χ0) is 11.5. The van der Waals surface area contributed by atoms with E-state index in [0.29, 0.717) is 15.2 Å². The number of nitrogens with one attached hydrogen (secondary N) is 1. The molecule has 0 unspecified atom stereocenters. The SMILES string of the molecule is NNc1ncc(Cn2cncc(I)c2=O)s1. The molecule has 0 radical (unpaired) electrons. The molecule has 0 aliphatic rings. The topological polar surface area (TPSA) is 85.8 Å². The third-order valence-electron chi connectivity index (χ3n) is 1.86. The molecule has 0 aromatic carbocycles. The summed E-state index contributed by atoms with van der Waals surface area (Å²) in [6.07, 6.45) is 4.74. The van der Waals surface area contributed by atoms with Crippen molar-refractivity contribution in [1.29, 1.82) is 0 Å². The lowest BCUT2D eigenvalue weighted by molar-refractivity contribution is 0.738. The lowest BCUT2D eigenvalue weighted by Gasteiger charge is -2.01. The average molecular weight is 349 g/mol. The van der Waals surface area contributed by atoms with E-state index in [0.717, 1.165) is 4.88 Å². The van der Waals surface area contributed by atoms with Crippen molar-refractivity contribution in [2.75, 3.05) is 5.43 Å². The zero-order valence-corrected chi connectivity index (χ0v) is 11.0. The van der Waals surface area contributed by atoms with Crippen LogP contribution in [0.5, 0.6) is 0 Å². The van der Waals surface area contributed by atoms with Crippen molar-refractivity contribution in [3.63, 3.8) is 0 Å². The van der Waals surface area contributed by atoms with Crippen molar-refractivity contribution in [2.24, 2.45) is 5.84 Å². The maximum atomic E-state index is 11.7. The Morgan fingerprint density at radius 3 is 3.06 bits per heavy atom. The highest BCUT2D eigenvalue weighted by molar-refractivity contribution is 14.1. The number of aromatic nitrogens is 3. The summed E-state index contributed by atoms with van der Waals surface area (Å²) in [5, 5.41) is 0.627. The first-order valence-corrected chi connectivity index (χ1v) is 6.21. The average Bonchev–Trinajstić information content (AvgIpc) is 2.73. The summed E-state index contributed by atoms with van der Waals surface area (Å²) in [5.41, 5.74) is 2.41. The lowest BCUT2D eigenvalue weighted by atomic mass is 10.5. The molecule has 0 aliphatic heterocycles. The van der Waals surface area contributed by atoms with Crippen molar-refractivity contribution in [3.8, 4) is 0 Å². The van der Waals surface area contributed by atoms with Crippen molar-refractivity contribution in [1.82, 2.24) is 14.5 Å². The maximum absolute atomic E-state index is 11.7. The summed E-state index contributed by atoms with van der Waals surface area (Å²) in [6.45, 7) is 0.460. The van der Waals surface area contributed by atoms with Gasteiger partial charge in [-0.1, -0.05) is 11.3 Å². The van der Waals surface area contributed by atoms with Crippen molar-refractivity contribution in [3.05, 3.63) is 37.5 Å². The highest BCUT2D eigenvalue weighted by Gasteiger charge is 2.04. The van der Waals surface area contributed by atoms with Gasteiger partial charge in [-0.3, -0.25) is 14.8 Å². The highest BCUT2D eigenvalue weighted by Crippen LogP contribution is 2.17. The molecule has 0 saturated heterocycles. The summed E-state index contributed by atoms with van der Waals surface area (Å²) in [5.74, 6) is 5.23. The minimum Gasteiger partial charge on any atom is -0.300 e. The number of anilines is 1. The first-order chi connectivity index (χ1) is 7.70. The van der Waals surface area contributed by atoms with E-state index in [-0.39, 0.29) is 5.56 Å². The van der Waals surface area contributed by atoms with Crippen molar-refractivity contribution < 1.29 is 0 Å². The van der Waals surface area contributed by atoms with E-state index in [2.05, 4.69) is 15.4 Å². The second kappa shape index (κ2) is 4.89. The van der Waals surface area contributed by atoms with Gasteiger partial charge in [0, 0.05) is 17.3 Å². The van der Waals surface area contributed by atoms with Crippen LogP contribution in [0, 0.1) is 3.57 Å². The zero-order valence-electron chi connectivity index (χ0n) is 8.05. The van der Waals surface area contributed by atoms with Gasteiger partial charge < -0.3 is 0 Å². The molecule has 0 spiro atoms. The monoisotopic (exact) mass is 349 g/mol. The molecule has 2 rings (SSSR count). The summed E-state index contributed by atoms with van der Waals surface area (Å²) in [4.78, 5) is 20.6. The molecule has 0 atom stereocenters. The first kappa shape index (κ1) is 11.5. The quantitative estimate of drug-likeness (QED) is 0.483. The standard InChI is InChI=1S/C8H8IN5OS/c9-6-2-11-4-14(7(6)15)3-5-1-12-8(13-10)16-5/h1-2,4H,3,10H2,(H,12,13). The van der Waals surface area contributed by atoms with Crippen molar-refractivity contribution in [2.45, 2.75) is 6.54 Å². The van der Waals surface area contributed by atoms with Crippen LogP contribution in [0.4, 0.5) is 5.13 Å². The van der Waals surface area contributed by atoms with Crippen LogP contribution in [-0.2, 0) is 6.54 Å². The summed E-state index contributed by atoms with van der Waals surface area (Å²) in [7, 11) is 0. The van der Waals surface area contributed by atoms with Gasteiger partial charge in [0.1, 0.15) is 0 Å². The van der Waals surface area contributed by atoms with Gasteiger partial charge in [0.25, 0.3) is 5.56 Å². The Bertz CT molecular complexity index is 551. The van der Waals surface area contributed by atoms with Gasteiger partial charge in [-0.25, -0.2) is 15.8 Å². The molecule has 0 saturated carbocycles. The molecular formula is C8H8IN5OS. The van der Waals surface area contributed by atoms with Gasteiger partial charge >= 0.3 is 0 Å². The van der Waals surface area contributed by atoms with Crippen LogP contribution in [0.25, 0.3) is 0 Å². The molecule has 2 heterocycles. The number of nitrogens with zero attached hydrogens (tertiary/aromatic N) is 3. The summed E-state index contributed by atoms with van der Waals surface area (Å²) >= 11 is 3.37. The van der Waals surface area contributed by atoms with E-state index < -0.39 is 0 Å². The van der Waals surface area contributed by atoms with Crippen LogP contribution in [0.2, 0.25) is 0 Å². The largest absolute Gasteiger partial charge is 0.300 e. The first-order valence-electron chi connectivity index (χ1n) is 4.32. The molecule has 0 bridgehead atoms. The van der Waals surface area contributed by atoms with Gasteiger partial charge in [0.05, 0.1) is 16.4 Å². The lowest BCUT2D eigenvalue weighted by Crippen LogP contribution is -2.22. The van der Waals surface area contributed by atoms with Crippen molar-refractivity contribution >= 4 is 39.1 Å². The van der Waals surface area contributed by atoms with E-state index in [9.17, 15) is 4.79 Å². The van der Waals surface area contributed by atoms with Crippen LogP contribution < -0.4 is 16.8 Å². The molecule has 0 fully saturated rings. The van der Waals surface area contributed by atoms with Gasteiger partial charge in [-0.15, -0.1) is 0 Å². The number of nitrogen functional groups attached to an aromatic ring is 1. The Morgan fingerprint density at radius 2 is 2.38 bits per heavy atom. The maximum Gasteiger partial charge on any atom is 0.267 e. The molecule has 6 nitrogen and oxygen atoms in total. The fourth-order valence-electron chi connectivity index (χ4n) is 1.15. The summed E-state index contributed by atoms with van der Waals surface area (Å²) < 4.78 is 2.14. The van der Waals surface area contributed by atoms with E-state index in [1.165, 1.54) is 22.2 Å². The highest BCUT2D eigenvalue weighted by atomic mass is 127. The molecule has 3 N–H and O–H groups in total. The number of hydrazine groups is 1.